The second kappa shape index (κ2) is 7.36. The highest BCUT2D eigenvalue weighted by Gasteiger charge is 2.18. The largest absolute Gasteiger partial charge is 0.383 e. The van der Waals surface area contributed by atoms with Crippen molar-refractivity contribution in [1.82, 2.24) is 10.3 Å². The molecule has 0 bridgehead atoms. The van der Waals surface area contributed by atoms with Gasteiger partial charge in [-0.1, -0.05) is 27.5 Å². The van der Waals surface area contributed by atoms with E-state index in [9.17, 15) is 0 Å². The topological polar surface area (TPSA) is 34.1 Å². The monoisotopic (exact) mass is 360 g/mol. The van der Waals surface area contributed by atoms with Gasteiger partial charge in [0, 0.05) is 34.7 Å². The SMILES string of the molecule is COCCNC(c1nccs1)c1cc(Cl)ccc1Br. The van der Waals surface area contributed by atoms with Crippen LogP contribution < -0.4 is 5.32 Å². The van der Waals surface area contributed by atoms with Crippen LogP contribution in [0, 0.1) is 0 Å². The Labute approximate surface area is 130 Å². The minimum absolute atomic E-state index is 0.0169. The molecule has 6 heteroatoms. The number of hydrogen-bond donors (Lipinski definition) is 1. The molecule has 102 valence electrons. The molecule has 2 rings (SSSR count). The standard InChI is InChI=1S/C13H14BrClN2OS/c1-18-6-4-16-12(13-17-5-7-19-13)10-8-9(15)2-3-11(10)14/h2-3,5,7-8,12,16H,4,6H2,1H3. The zero-order valence-corrected chi connectivity index (χ0v) is 13.6. The molecule has 1 N–H and O–H groups in total. The predicted molar refractivity (Wildman–Crippen MR) is 83.0 cm³/mol. The molecule has 0 radical (unpaired) electrons. The first-order chi connectivity index (χ1) is 9.22. The molecule has 1 aromatic heterocycles. The minimum Gasteiger partial charge on any atom is -0.383 e. The summed E-state index contributed by atoms with van der Waals surface area (Å²) in [7, 11) is 1.69. The first kappa shape index (κ1) is 14.9. The van der Waals surface area contributed by atoms with Crippen molar-refractivity contribution in [2.45, 2.75) is 6.04 Å². The molecule has 19 heavy (non-hydrogen) atoms. The lowest BCUT2D eigenvalue weighted by Gasteiger charge is -2.18. The van der Waals surface area contributed by atoms with Gasteiger partial charge in [-0.2, -0.15) is 0 Å². The number of nitrogens with one attached hydrogen (secondary N) is 1. The average Bonchev–Trinajstić information content (AvgIpc) is 2.92. The Hall–Kier alpha value is -0.460. The third-order valence-electron chi connectivity index (χ3n) is 2.62. The van der Waals surface area contributed by atoms with Crippen molar-refractivity contribution in [3.05, 3.63) is 49.8 Å². The highest BCUT2D eigenvalue weighted by atomic mass is 79.9. The molecule has 3 nitrogen and oxygen atoms in total. The van der Waals surface area contributed by atoms with E-state index in [1.54, 1.807) is 18.4 Å². The van der Waals surface area contributed by atoms with Crippen LogP contribution in [0.4, 0.5) is 0 Å². The van der Waals surface area contributed by atoms with Gasteiger partial charge in [-0.05, 0) is 23.8 Å². The van der Waals surface area contributed by atoms with Crippen LogP contribution in [0.1, 0.15) is 16.6 Å². The van der Waals surface area contributed by atoms with Crippen molar-refractivity contribution in [3.63, 3.8) is 0 Å². The first-order valence-corrected chi connectivity index (χ1v) is 7.84. The molecule has 0 fully saturated rings. The Balaban J connectivity index is 2.28. The molecule has 0 amide bonds. The Morgan fingerprint density at radius 1 is 1.53 bits per heavy atom. The summed E-state index contributed by atoms with van der Waals surface area (Å²) < 4.78 is 6.10. The quantitative estimate of drug-likeness (QED) is 0.793. The summed E-state index contributed by atoms with van der Waals surface area (Å²) in [5.74, 6) is 0. The third kappa shape index (κ3) is 4.00. The highest BCUT2D eigenvalue weighted by Crippen LogP contribution is 2.31. The summed E-state index contributed by atoms with van der Waals surface area (Å²) in [6, 6.07) is 5.79. The van der Waals surface area contributed by atoms with E-state index in [-0.39, 0.29) is 6.04 Å². The Morgan fingerprint density at radius 2 is 2.37 bits per heavy atom. The summed E-state index contributed by atoms with van der Waals surface area (Å²) in [6.45, 7) is 1.40. The lowest BCUT2D eigenvalue weighted by Crippen LogP contribution is -2.26. The number of methoxy groups -OCH3 is 1. The lowest BCUT2D eigenvalue weighted by molar-refractivity contribution is 0.197. The summed E-state index contributed by atoms with van der Waals surface area (Å²) in [5.41, 5.74) is 1.08. The summed E-state index contributed by atoms with van der Waals surface area (Å²) in [6.07, 6.45) is 1.81. The second-order valence-corrected chi connectivity index (χ2v) is 6.13. The van der Waals surface area contributed by atoms with Crippen LogP contribution in [0.15, 0.2) is 34.2 Å². The summed E-state index contributed by atoms with van der Waals surface area (Å²) in [4.78, 5) is 4.39. The van der Waals surface area contributed by atoms with Gasteiger partial charge in [0.25, 0.3) is 0 Å². The Morgan fingerprint density at radius 3 is 3.05 bits per heavy atom. The molecule has 0 aliphatic rings. The number of aromatic nitrogens is 1. The van der Waals surface area contributed by atoms with E-state index in [1.807, 2.05) is 29.8 Å². The van der Waals surface area contributed by atoms with Gasteiger partial charge < -0.3 is 10.1 Å². The van der Waals surface area contributed by atoms with Crippen LogP contribution in [0.25, 0.3) is 0 Å². The fourth-order valence-corrected chi connectivity index (χ4v) is 3.13. The molecule has 0 saturated heterocycles. The molecule has 0 spiro atoms. The van der Waals surface area contributed by atoms with Crippen LogP contribution in [0.5, 0.6) is 0 Å². The van der Waals surface area contributed by atoms with E-state index in [0.29, 0.717) is 11.6 Å². The average molecular weight is 362 g/mol. The molecule has 1 unspecified atom stereocenters. The van der Waals surface area contributed by atoms with E-state index in [2.05, 4.69) is 26.2 Å². The Bertz CT molecular complexity index is 521. The molecule has 2 aromatic rings. The minimum atomic E-state index is 0.0169. The zero-order chi connectivity index (χ0) is 13.7. The zero-order valence-electron chi connectivity index (χ0n) is 10.4. The van der Waals surface area contributed by atoms with Gasteiger partial charge in [0.05, 0.1) is 12.6 Å². The number of halogens is 2. The summed E-state index contributed by atoms with van der Waals surface area (Å²) >= 11 is 11.3. The van der Waals surface area contributed by atoms with Gasteiger partial charge in [-0.25, -0.2) is 4.98 Å². The van der Waals surface area contributed by atoms with Crippen LogP contribution in [0.2, 0.25) is 5.02 Å². The molecular weight excluding hydrogens is 348 g/mol. The van der Waals surface area contributed by atoms with Gasteiger partial charge in [-0.15, -0.1) is 11.3 Å². The number of nitrogens with zero attached hydrogens (tertiary/aromatic N) is 1. The van der Waals surface area contributed by atoms with Gasteiger partial charge in [0.1, 0.15) is 5.01 Å². The summed E-state index contributed by atoms with van der Waals surface area (Å²) in [5, 5.41) is 7.14. The lowest BCUT2D eigenvalue weighted by atomic mass is 10.1. The first-order valence-electron chi connectivity index (χ1n) is 5.79. The van der Waals surface area contributed by atoms with E-state index in [1.165, 1.54) is 0 Å². The molecule has 1 aromatic carbocycles. The second-order valence-electron chi connectivity index (χ2n) is 3.92. The van der Waals surface area contributed by atoms with Gasteiger partial charge in [-0.3, -0.25) is 0 Å². The van der Waals surface area contributed by atoms with Crippen molar-refractivity contribution in [2.75, 3.05) is 20.3 Å². The van der Waals surface area contributed by atoms with Crippen molar-refractivity contribution in [1.29, 1.82) is 0 Å². The van der Waals surface area contributed by atoms with Crippen molar-refractivity contribution < 1.29 is 4.74 Å². The number of hydrogen-bond acceptors (Lipinski definition) is 4. The van der Waals surface area contributed by atoms with Crippen LogP contribution in [-0.4, -0.2) is 25.2 Å². The van der Waals surface area contributed by atoms with Gasteiger partial charge in [0.2, 0.25) is 0 Å². The van der Waals surface area contributed by atoms with Crippen molar-refractivity contribution in [3.8, 4) is 0 Å². The molecule has 1 atom stereocenters. The number of thiazole rings is 1. The van der Waals surface area contributed by atoms with E-state index >= 15 is 0 Å². The van der Waals surface area contributed by atoms with Crippen LogP contribution in [-0.2, 0) is 4.74 Å². The van der Waals surface area contributed by atoms with E-state index in [4.69, 9.17) is 16.3 Å². The van der Waals surface area contributed by atoms with Crippen molar-refractivity contribution >= 4 is 38.9 Å². The van der Waals surface area contributed by atoms with Crippen molar-refractivity contribution in [2.24, 2.45) is 0 Å². The van der Waals surface area contributed by atoms with Crippen LogP contribution in [0.3, 0.4) is 0 Å². The van der Waals surface area contributed by atoms with Crippen LogP contribution >= 0.6 is 38.9 Å². The highest BCUT2D eigenvalue weighted by molar-refractivity contribution is 9.10. The molecule has 0 aliphatic carbocycles. The van der Waals surface area contributed by atoms with E-state index in [0.717, 1.165) is 21.6 Å². The predicted octanol–water partition coefficient (Wildman–Crippen LogP) is 3.88. The normalized spacial score (nSPS) is 12.6. The molecule has 0 saturated carbocycles. The molecular formula is C13H14BrClN2OS. The fraction of sp³-hybridized carbons (Fsp3) is 0.308. The number of ether oxygens (including phenoxy) is 1. The maximum absolute atomic E-state index is 6.09. The van der Waals surface area contributed by atoms with Gasteiger partial charge >= 0.3 is 0 Å². The Kier molecular flexibility index (Phi) is 5.78. The number of benzene rings is 1. The molecule has 1 heterocycles. The maximum atomic E-state index is 6.09. The smallest absolute Gasteiger partial charge is 0.114 e. The van der Waals surface area contributed by atoms with E-state index < -0.39 is 0 Å². The maximum Gasteiger partial charge on any atom is 0.114 e. The number of rotatable bonds is 6. The van der Waals surface area contributed by atoms with Gasteiger partial charge in [0.15, 0.2) is 0 Å². The molecule has 0 aliphatic heterocycles. The third-order valence-corrected chi connectivity index (χ3v) is 4.42. The fourth-order valence-electron chi connectivity index (χ4n) is 1.75.